The van der Waals surface area contributed by atoms with Gasteiger partial charge in [0.2, 0.25) is 5.91 Å². The van der Waals surface area contributed by atoms with Crippen molar-refractivity contribution in [2.24, 2.45) is 0 Å². The fourth-order valence-electron chi connectivity index (χ4n) is 2.66. The number of benzene rings is 1. The molecule has 0 spiro atoms. The first kappa shape index (κ1) is 16.7. The molecule has 0 radical (unpaired) electrons. The van der Waals surface area contributed by atoms with Crippen LogP contribution in [0.15, 0.2) is 36.5 Å². The Morgan fingerprint density at radius 3 is 2.82 bits per heavy atom. The van der Waals surface area contributed by atoms with Crippen molar-refractivity contribution >= 4 is 34.8 Å². The molecule has 1 saturated heterocycles. The van der Waals surface area contributed by atoms with E-state index in [1.165, 1.54) is 16.9 Å². The van der Waals surface area contributed by atoms with Crippen LogP contribution in [-0.2, 0) is 11.3 Å². The maximum atomic E-state index is 11.9. The molecule has 0 bridgehead atoms. The Morgan fingerprint density at radius 2 is 2.14 bits per heavy atom. The highest BCUT2D eigenvalue weighted by Gasteiger charge is 2.26. The first-order valence-electron chi connectivity index (χ1n) is 6.98. The van der Waals surface area contributed by atoms with Gasteiger partial charge in [-0.3, -0.25) is 9.69 Å². The van der Waals surface area contributed by atoms with Crippen molar-refractivity contribution in [3.05, 3.63) is 47.0 Å². The van der Waals surface area contributed by atoms with Crippen LogP contribution in [0.3, 0.4) is 0 Å². The first-order chi connectivity index (χ1) is 10.2. The monoisotopic (exact) mass is 338 g/mol. The molecule has 0 aliphatic carbocycles. The number of hydrogen-bond acceptors (Lipinski definition) is 5. The molecule has 1 aliphatic heterocycles. The zero-order valence-corrected chi connectivity index (χ0v) is 13.7. The second-order valence-electron chi connectivity index (χ2n) is 5.12. The lowest BCUT2D eigenvalue weighted by atomic mass is 10.0. The summed E-state index contributed by atoms with van der Waals surface area (Å²) in [6.07, 6.45) is 2.31. The quantitative estimate of drug-likeness (QED) is 0.900. The topological polar surface area (TPSA) is 71.2 Å². The van der Waals surface area contributed by atoms with E-state index < -0.39 is 0 Å². The number of nitrogens with one attached hydrogen (secondary N) is 1. The van der Waals surface area contributed by atoms with Crippen molar-refractivity contribution in [1.29, 1.82) is 0 Å². The molecule has 1 amide bonds. The number of carbonyl (C=O) groups is 1. The van der Waals surface area contributed by atoms with Gasteiger partial charge >= 0.3 is 0 Å². The summed E-state index contributed by atoms with van der Waals surface area (Å²) in [4.78, 5) is 19.5. The van der Waals surface area contributed by atoms with Crippen LogP contribution >= 0.6 is 23.7 Å². The molecule has 118 valence electrons. The molecule has 2 aromatic rings. The SMILES string of the molecule is Cl.Nc1ncc(CN2CCNC(=O)CC2c2ccccc2)s1. The van der Waals surface area contributed by atoms with Gasteiger partial charge in [0.05, 0.1) is 0 Å². The Hall–Kier alpha value is -1.63. The minimum atomic E-state index is 0. The number of anilines is 1. The molecule has 2 heterocycles. The second kappa shape index (κ2) is 7.58. The number of hydrogen-bond donors (Lipinski definition) is 2. The Morgan fingerprint density at radius 1 is 1.36 bits per heavy atom. The highest BCUT2D eigenvalue weighted by molar-refractivity contribution is 7.15. The van der Waals surface area contributed by atoms with E-state index in [9.17, 15) is 4.79 Å². The number of aromatic nitrogens is 1. The van der Waals surface area contributed by atoms with Gasteiger partial charge in [0.15, 0.2) is 5.13 Å². The van der Waals surface area contributed by atoms with E-state index in [2.05, 4.69) is 27.3 Å². The average molecular weight is 339 g/mol. The molecule has 1 atom stereocenters. The Bertz CT molecular complexity index is 619. The maximum absolute atomic E-state index is 11.9. The fourth-order valence-corrected chi connectivity index (χ4v) is 3.37. The highest BCUT2D eigenvalue weighted by atomic mass is 35.5. The molecular weight excluding hydrogens is 320 g/mol. The highest BCUT2D eigenvalue weighted by Crippen LogP contribution is 2.28. The molecule has 7 heteroatoms. The standard InChI is InChI=1S/C15H18N4OS.ClH/c16-15-18-9-12(21-15)10-19-7-6-17-14(20)8-13(19)11-4-2-1-3-5-11;/h1-5,9,13H,6-8,10H2,(H2,16,18)(H,17,20);1H. The maximum Gasteiger partial charge on any atom is 0.221 e. The summed E-state index contributed by atoms with van der Waals surface area (Å²) in [5, 5.41) is 3.54. The van der Waals surface area contributed by atoms with E-state index in [4.69, 9.17) is 5.73 Å². The number of thiazole rings is 1. The molecule has 1 fully saturated rings. The largest absolute Gasteiger partial charge is 0.375 e. The van der Waals surface area contributed by atoms with Gasteiger partial charge in [0.1, 0.15) is 0 Å². The number of nitrogen functional groups attached to an aromatic ring is 1. The second-order valence-corrected chi connectivity index (χ2v) is 6.26. The van der Waals surface area contributed by atoms with E-state index in [0.29, 0.717) is 18.1 Å². The third-order valence-electron chi connectivity index (χ3n) is 3.66. The van der Waals surface area contributed by atoms with E-state index in [0.717, 1.165) is 18.0 Å². The Balaban J connectivity index is 0.00000176. The van der Waals surface area contributed by atoms with Crippen LogP contribution in [0.5, 0.6) is 0 Å². The van der Waals surface area contributed by atoms with Crippen LogP contribution in [-0.4, -0.2) is 28.9 Å². The van der Waals surface area contributed by atoms with Gasteiger partial charge in [-0.25, -0.2) is 4.98 Å². The van der Waals surface area contributed by atoms with Crippen LogP contribution in [0.1, 0.15) is 22.9 Å². The van der Waals surface area contributed by atoms with Gasteiger partial charge in [-0.1, -0.05) is 30.3 Å². The summed E-state index contributed by atoms with van der Waals surface area (Å²) in [6, 6.07) is 10.3. The molecule has 3 rings (SSSR count). The van der Waals surface area contributed by atoms with E-state index >= 15 is 0 Å². The average Bonchev–Trinajstić information content (AvgIpc) is 2.80. The van der Waals surface area contributed by atoms with Gasteiger partial charge in [0, 0.05) is 43.2 Å². The number of nitrogens with zero attached hydrogens (tertiary/aromatic N) is 2. The lowest BCUT2D eigenvalue weighted by Crippen LogP contribution is -2.30. The minimum Gasteiger partial charge on any atom is -0.375 e. The van der Waals surface area contributed by atoms with E-state index in [1.54, 1.807) is 0 Å². The molecule has 22 heavy (non-hydrogen) atoms. The third kappa shape index (κ3) is 3.97. The summed E-state index contributed by atoms with van der Waals surface area (Å²) in [5.74, 6) is 0.107. The zero-order valence-electron chi connectivity index (χ0n) is 12.1. The molecular formula is C15H19ClN4OS. The summed E-state index contributed by atoms with van der Waals surface area (Å²) in [6.45, 7) is 2.27. The Kier molecular flexibility index (Phi) is 5.76. The Labute approximate surface area is 139 Å². The van der Waals surface area contributed by atoms with Crippen LogP contribution < -0.4 is 11.1 Å². The summed E-state index contributed by atoms with van der Waals surface area (Å²) >= 11 is 1.51. The van der Waals surface area contributed by atoms with E-state index in [1.807, 2.05) is 24.4 Å². The number of amides is 1. The van der Waals surface area contributed by atoms with Crippen molar-refractivity contribution in [1.82, 2.24) is 15.2 Å². The molecule has 5 nitrogen and oxygen atoms in total. The van der Waals surface area contributed by atoms with Gasteiger partial charge in [-0.05, 0) is 5.56 Å². The zero-order chi connectivity index (χ0) is 14.7. The normalized spacial score (nSPS) is 19.1. The molecule has 1 unspecified atom stereocenters. The van der Waals surface area contributed by atoms with Crippen LogP contribution in [0.25, 0.3) is 0 Å². The number of halogens is 1. The molecule has 3 N–H and O–H groups in total. The summed E-state index contributed by atoms with van der Waals surface area (Å²) in [5.41, 5.74) is 6.88. The predicted molar refractivity (Wildman–Crippen MR) is 91.0 cm³/mol. The summed E-state index contributed by atoms with van der Waals surface area (Å²) in [7, 11) is 0. The van der Waals surface area contributed by atoms with Crippen LogP contribution in [0, 0.1) is 0 Å². The predicted octanol–water partition coefficient (Wildman–Crippen LogP) is 2.21. The lowest BCUT2D eigenvalue weighted by Gasteiger charge is -2.28. The number of nitrogens with two attached hydrogens (primary N) is 1. The molecule has 1 aliphatic rings. The fraction of sp³-hybridized carbons (Fsp3) is 0.333. The molecule has 1 aromatic heterocycles. The van der Waals surface area contributed by atoms with Crippen molar-refractivity contribution in [2.75, 3.05) is 18.8 Å². The van der Waals surface area contributed by atoms with Gasteiger partial charge < -0.3 is 11.1 Å². The number of carbonyl (C=O) groups excluding carboxylic acids is 1. The van der Waals surface area contributed by atoms with Crippen molar-refractivity contribution in [3.8, 4) is 0 Å². The van der Waals surface area contributed by atoms with Gasteiger partial charge in [-0.15, -0.1) is 23.7 Å². The van der Waals surface area contributed by atoms with Crippen molar-refractivity contribution < 1.29 is 4.79 Å². The van der Waals surface area contributed by atoms with Crippen LogP contribution in [0.2, 0.25) is 0 Å². The summed E-state index contributed by atoms with van der Waals surface area (Å²) < 4.78 is 0. The number of rotatable bonds is 3. The van der Waals surface area contributed by atoms with Crippen molar-refractivity contribution in [2.45, 2.75) is 19.0 Å². The minimum absolute atomic E-state index is 0. The van der Waals surface area contributed by atoms with Crippen molar-refractivity contribution in [3.63, 3.8) is 0 Å². The van der Waals surface area contributed by atoms with Gasteiger partial charge in [0.25, 0.3) is 0 Å². The smallest absolute Gasteiger partial charge is 0.221 e. The molecule has 0 saturated carbocycles. The lowest BCUT2D eigenvalue weighted by molar-refractivity contribution is -0.121. The van der Waals surface area contributed by atoms with E-state index in [-0.39, 0.29) is 24.4 Å². The third-order valence-corrected chi connectivity index (χ3v) is 4.47. The molecule has 1 aromatic carbocycles. The first-order valence-corrected chi connectivity index (χ1v) is 7.80. The van der Waals surface area contributed by atoms with Crippen LogP contribution in [0.4, 0.5) is 5.13 Å². The van der Waals surface area contributed by atoms with Gasteiger partial charge in [-0.2, -0.15) is 0 Å².